The van der Waals surface area contributed by atoms with E-state index in [1.54, 1.807) is 24.3 Å². The van der Waals surface area contributed by atoms with Crippen LogP contribution in [0.5, 0.6) is 5.75 Å². The maximum absolute atomic E-state index is 12.1. The van der Waals surface area contributed by atoms with Gasteiger partial charge >= 0.3 is 0 Å². The van der Waals surface area contributed by atoms with Gasteiger partial charge in [0.05, 0.1) is 22.6 Å². The molecule has 2 rings (SSSR count). The third kappa shape index (κ3) is 4.53. The summed E-state index contributed by atoms with van der Waals surface area (Å²) in [6.45, 7) is 2.38. The summed E-state index contributed by atoms with van der Waals surface area (Å²) in [5.41, 5.74) is 0.470. The average molecular weight is 349 g/mol. The minimum absolute atomic E-state index is 0.117. The number of sulfonamides is 1. The highest BCUT2D eigenvalue weighted by atomic mass is 32.2. The first-order chi connectivity index (χ1) is 11.4. The van der Waals surface area contributed by atoms with Crippen molar-refractivity contribution >= 4 is 21.9 Å². The molecular formula is C15H15N3O5S. The van der Waals surface area contributed by atoms with Gasteiger partial charge in [-0.15, -0.1) is 0 Å². The number of nitrogens with one attached hydrogen (secondary N) is 1. The molecular weight excluding hydrogens is 334 g/mol. The van der Waals surface area contributed by atoms with Gasteiger partial charge in [0, 0.05) is 12.1 Å². The van der Waals surface area contributed by atoms with Crippen molar-refractivity contribution in [1.82, 2.24) is 4.83 Å². The maximum Gasteiger partial charge on any atom is 0.276 e. The van der Waals surface area contributed by atoms with E-state index < -0.39 is 14.9 Å². The maximum atomic E-state index is 12.1. The van der Waals surface area contributed by atoms with Crippen LogP contribution in [0.1, 0.15) is 12.5 Å². The molecule has 0 radical (unpaired) electrons. The van der Waals surface area contributed by atoms with E-state index in [2.05, 4.69) is 9.93 Å². The summed E-state index contributed by atoms with van der Waals surface area (Å²) >= 11 is 0. The molecule has 0 atom stereocenters. The Morgan fingerprint density at radius 3 is 2.58 bits per heavy atom. The number of rotatable bonds is 7. The normalized spacial score (nSPS) is 11.4. The van der Waals surface area contributed by atoms with Crippen LogP contribution < -0.4 is 9.57 Å². The van der Waals surface area contributed by atoms with Gasteiger partial charge in [-0.05, 0) is 36.8 Å². The second-order valence-corrected chi connectivity index (χ2v) is 6.27. The molecule has 0 bridgehead atoms. The molecule has 126 valence electrons. The number of non-ortho nitro benzene ring substituents is 1. The Morgan fingerprint density at radius 2 is 1.96 bits per heavy atom. The van der Waals surface area contributed by atoms with Crippen LogP contribution in [0.15, 0.2) is 58.5 Å². The van der Waals surface area contributed by atoms with Gasteiger partial charge in [-0.2, -0.15) is 13.5 Å². The molecule has 2 aromatic rings. The molecule has 0 aromatic heterocycles. The Hall–Kier alpha value is -2.94. The van der Waals surface area contributed by atoms with Gasteiger partial charge in [-0.1, -0.05) is 12.1 Å². The van der Waals surface area contributed by atoms with E-state index in [9.17, 15) is 18.5 Å². The van der Waals surface area contributed by atoms with E-state index in [4.69, 9.17) is 4.74 Å². The molecule has 0 fully saturated rings. The lowest BCUT2D eigenvalue weighted by atomic mass is 10.2. The average Bonchev–Trinajstić information content (AvgIpc) is 2.55. The fourth-order valence-corrected chi connectivity index (χ4v) is 2.61. The number of nitro benzene ring substituents is 1. The molecule has 0 spiro atoms. The number of ether oxygens (including phenoxy) is 1. The lowest BCUT2D eigenvalue weighted by Gasteiger charge is -2.04. The van der Waals surface area contributed by atoms with Crippen molar-refractivity contribution in [2.24, 2.45) is 5.10 Å². The fraction of sp³-hybridized carbons (Fsp3) is 0.133. The SMILES string of the molecule is CCOc1cccc(/C=N/NS(=O)(=O)c2ccc([N+](=O)[O-])cc2)c1. The predicted octanol–water partition coefficient (Wildman–Crippen LogP) is 2.31. The molecule has 0 aliphatic rings. The number of hydrogen-bond donors (Lipinski definition) is 1. The molecule has 0 aliphatic heterocycles. The van der Waals surface area contributed by atoms with Crippen LogP contribution in [0.3, 0.4) is 0 Å². The Bertz CT molecular complexity index is 848. The van der Waals surface area contributed by atoms with Crippen LogP contribution in [0.4, 0.5) is 5.69 Å². The van der Waals surface area contributed by atoms with E-state index in [1.165, 1.54) is 6.21 Å². The largest absolute Gasteiger partial charge is 0.494 e. The zero-order valence-electron chi connectivity index (χ0n) is 12.7. The van der Waals surface area contributed by atoms with Gasteiger partial charge in [0.2, 0.25) is 0 Å². The Kier molecular flexibility index (Phi) is 5.48. The van der Waals surface area contributed by atoms with E-state index >= 15 is 0 Å². The molecule has 0 saturated carbocycles. The van der Waals surface area contributed by atoms with Crippen LogP contribution in [0, 0.1) is 10.1 Å². The van der Waals surface area contributed by atoms with Gasteiger partial charge < -0.3 is 4.74 Å². The summed E-state index contributed by atoms with van der Waals surface area (Å²) in [7, 11) is -3.89. The van der Waals surface area contributed by atoms with Crippen molar-refractivity contribution in [3.05, 3.63) is 64.2 Å². The van der Waals surface area contributed by atoms with Gasteiger partial charge in [0.15, 0.2) is 0 Å². The Morgan fingerprint density at radius 1 is 1.25 bits per heavy atom. The van der Waals surface area contributed by atoms with Crippen molar-refractivity contribution < 1.29 is 18.1 Å². The van der Waals surface area contributed by atoms with Crippen molar-refractivity contribution in [2.45, 2.75) is 11.8 Å². The van der Waals surface area contributed by atoms with Gasteiger partial charge in [0.1, 0.15) is 5.75 Å². The minimum atomic E-state index is -3.89. The summed E-state index contributed by atoms with van der Waals surface area (Å²) < 4.78 is 29.4. The van der Waals surface area contributed by atoms with Crippen LogP contribution in [0.25, 0.3) is 0 Å². The Labute approximate surface area is 139 Å². The molecule has 0 amide bonds. The van der Waals surface area contributed by atoms with E-state index in [1.807, 2.05) is 6.92 Å². The quantitative estimate of drug-likeness (QED) is 0.468. The third-order valence-corrected chi connectivity index (χ3v) is 4.15. The van der Waals surface area contributed by atoms with Crippen LogP contribution >= 0.6 is 0 Å². The number of nitrogens with zero attached hydrogens (tertiary/aromatic N) is 2. The van der Waals surface area contributed by atoms with Crippen LogP contribution in [-0.2, 0) is 10.0 Å². The summed E-state index contributed by atoms with van der Waals surface area (Å²) in [6, 6.07) is 11.5. The summed E-state index contributed by atoms with van der Waals surface area (Å²) in [4.78, 5) is 11.9. The fourth-order valence-electron chi connectivity index (χ4n) is 1.82. The molecule has 8 nitrogen and oxygen atoms in total. The first-order valence-corrected chi connectivity index (χ1v) is 8.43. The molecule has 0 unspecified atom stereocenters. The van der Waals surface area contributed by atoms with Crippen molar-refractivity contribution in [3.63, 3.8) is 0 Å². The molecule has 9 heteroatoms. The molecule has 0 saturated heterocycles. The minimum Gasteiger partial charge on any atom is -0.494 e. The van der Waals surface area contributed by atoms with Crippen molar-refractivity contribution in [2.75, 3.05) is 6.61 Å². The number of hydrazone groups is 1. The first-order valence-electron chi connectivity index (χ1n) is 6.94. The smallest absolute Gasteiger partial charge is 0.276 e. The highest BCUT2D eigenvalue weighted by Crippen LogP contribution is 2.15. The van der Waals surface area contributed by atoms with Gasteiger partial charge in [-0.25, -0.2) is 4.83 Å². The predicted molar refractivity (Wildman–Crippen MR) is 88.6 cm³/mol. The van der Waals surface area contributed by atoms with E-state index in [0.29, 0.717) is 17.9 Å². The Balaban J connectivity index is 2.09. The second-order valence-electron chi connectivity index (χ2n) is 4.61. The topological polar surface area (TPSA) is 111 Å². The van der Waals surface area contributed by atoms with Crippen molar-refractivity contribution in [1.29, 1.82) is 0 Å². The van der Waals surface area contributed by atoms with Crippen LogP contribution in [-0.4, -0.2) is 26.2 Å². The summed E-state index contributed by atoms with van der Waals surface area (Å²) in [6.07, 6.45) is 1.34. The summed E-state index contributed by atoms with van der Waals surface area (Å²) in [5, 5.41) is 14.3. The molecule has 0 aliphatic carbocycles. The lowest BCUT2D eigenvalue weighted by molar-refractivity contribution is -0.384. The van der Waals surface area contributed by atoms with Crippen LogP contribution in [0.2, 0.25) is 0 Å². The second kappa shape index (κ2) is 7.55. The standard InChI is InChI=1S/C15H15N3O5S/c1-2-23-14-5-3-4-12(10-14)11-16-17-24(21,22)15-8-6-13(7-9-15)18(19)20/h3-11,17H,2H2,1H3/b16-11+. The zero-order valence-corrected chi connectivity index (χ0v) is 13.6. The third-order valence-electron chi connectivity index (χ3n) is 2.91. The lowest BCUT2D eigenvalue weighted by Crippen LogP contribution is -2.18. The molecule has 0 heterocycles. The van der Waals surface area contributed by atoms with E-state index in [-0.39, 0.29) is 10.6 Å². The summed E-state index contributed by atoms with van der Waals surface area (Å²) in [5.74, 6) is 0.652. The zero-order chi connectivity index (χ0) is 17.6. The number of benzene rings is 2. The monoisotopic (exact) mass is 349 g/mol. The van der Waals surface area contributed by atoms with E-state index in [0.717, 1.165) is 24.3 Å². The van der Waals surface area contributed by atoms with Crippen molar-refractivity contribution in [3.8, 4) is 5.75 Å². The first kappa shape index (κ1) is 17.4. The molecule has 2 aromatic carbocycles. The highest BCUT2D eigenvalue weighted by Gasteiger charge is 2.14. The highest BCUT2D eigenvalue weighted by molar-refractivity contribution is 7.89. The number of nitro groups is 1. The molecule has 24 heavy (non-hydrogen) atoms. The van der Waals surface area contributed by atoms with Gasteiger partial charge in [0.25, 0.3) is 15.7 Å². The number of hydrogen-bond acceptors (Lipinski definition) is 6. The van der Waals surface area contributed by atoms with Gasteiger partial charge in [-0.3, -0.25) is 10.1 Å². The molecule has 1 N–H and O–H groups in total.